The van der Waals surface area contributed by atoms with E-state index in [9.17, 15) is 9.90 Å². The van der Waals surface area contributed by atoms with E-state index < -0.39 is 5.97 Å². The van der Waals surface area contributed by atoms with E-state index in [0.717, 1.165) is 32.1 Å². The van der Waals surface area contributed by atoms with E-state index in [0.29, 0.717) is 0 Å². The molecule has 0 saturated heterocycles. The molecule has 0 aliphatic heterocycles. The zero-order chi connectivity index (χ0) is 24.2. The van der Waals surface area contributed by atoms with Crippen LogP contribution in [0.3, 0.4) is 0 Å². The quantitative estimate of drug-likeness (QED) is 0.116. The van der Waals surface area contributed by atoms with Crippen LogP contribution in [0.2, 0.25) is 0 Å². The monoisotopic (exact) mass is 466 g/mol. The highest BCUT2D eigenvalue weighted by atomic mass is 16.4. The van der Waals surface area contributed by atoms with Gasteiger partial charge in [-0.3, -0.25) is 4.79 Å². The van der Waals surface area contributed by atoms with Gasteiger partial charge in [-0.25, -0.2) is 0 Å². The molecule has 0 aliphatic rings. The molecule has 0 rings (SSSR count). The van der Waals surface area contributed by atoms with Crippen molar-refractivity contribution in [3.63, 3.8) is 0 Å². The van der Waals surface area contributed by atoms with Crippen molar-refractivity contribution in [3.8, 4) is 0 Å². The van der Waals surface area contributed by atoms with E-state index >= 15 is 0 Å². The van der Waals surface area contributed by atoms with Crippen LogP contribution in [-0.2, 0) is 4.79 Å². The first-order valence-corrected chi connectivity index (χ1v) is 15.4. The Kier molecular flexibility index (Phi) is 27.3. The van der Waals surface area contributed by atoms with Gasteiger partial charge in [-0.05, 0) is 12.8 Å². The number of rotatable bonds is 28. The molecule has 1 N–H and O–H groups in total. The van der Waals surface area contributed by atoms with Crippen LogP contribution in [-0.4, -0.2) is 11.1 Å². The van der Waals surface area contributed by atoms with Gasteiger partial charge in [0, 0.05) is 0 Å². The summed E-state index contributed by atoms with van der Waals surface area (Å²) in [5.41, 5.74) is 0. The van der Waals surface area contributed by atoms with Gasteiger partial charge in [0.25, 0.3) is 0 Å². The molecule has 0 radical (unpaired) electrons. The lowest BCUT2D eigenvalue weighted by Gasteiger charge is -2.11. The Bertz CT molecular complexity index is 379. The second kappa shape index (κ2) is 27.7. The third-order valence-corrected chi connectivity index (χ3v) is 7.41. The minimum atomic E-state index is -0.581. The molecule has 0 spiro atoms. The van der Waals surface area contributed by atoms with Crippen LogP contribution < -0.4 is 0 Å². The van der Waals surface area contributed by atoms with E-state index in [4.69, 9.17) is 0 Å². The molecule has 0 aromatic rings. The number of carboxylic acid groups (broad SMARTS) is 1. The van der Waals surface area contributed by atoms with Crippen LogP contribution in [0.1, 0.15) is 187 Å². The van der Waals surface area contributed by atoms with Gasteiger partial charge in [-0.1, -0.05) is 174 Å². The number of hydrogen-bond acceptors (Lipinski definition) is 1. The minimum Gasteiger partial charge on any atom is -0.481 e. The van der Waals surface area contributed by atoms with Gasteiger partial charge in [-0.2, -0.15) is 0 Å². The van der Waals surface area contributed by atoms with Crippen molar-refractivity contribution in [1.82, 2.24) is 0 Å². The highest BCUT2D eigenvalue weighted by molar-refractivity contribution is 5.69. The summed E-state index contributed by atoms with van der Waals surface area (Å²) in [7, 11) is 0. The molecule has 1 unspecified atom stereocenters. The van der Waals surface area contributed by atoms with Gasteiger partial charge in [-0.15, -0.1) is 0 Å². The van der Waals surface area contributed by atoms with Gasteiger partial charge < -0.3 is 5.11 Å². The molecular formula is C31H62O2. The van der Waals surface area contributed by atoms with Crippen molar-refractivity contribution < 1.29 is 9.90 Å². The summed E-state index contributed by atoms with van der Waals surface area (Å²) in [5, 5.41) is 9.28. The molecule has 2 nitrogen and oxygen atoms in total. The molecule has 0 aliphatic carbocycles. The molecule has 0 fully saturated rings. The molecule has 0 saturated carbocycles. The van der Waals surface area contributed by atoms with Crippen molar-refractivity contribution >= 4 is 5.97 Å². The number of hydrogen-bond donors (Lipinski definition) is 1. The van der Waals surface area contributed by atoms with Crippen molar-refractivity contribution in [2.45, 2.75) is 187 Å². The van der Waals surface area contributed by atoms with E-state index in [2.05, 4.69) is 13.8 Å². The Hall–Kier alpha value is -0.530. The van der Waals surface area contributed by atoms with Gasteiger partial charge in [0.1, 0.15) is 0 Å². The fraction of sp³-hybridized carbons (Fsp3) is 0.968. The summed E-state index contributed by atoms with van der Waals surface area (Å²) in [6.45, 7) is 4.43. The molecular weight excluding hydrogens is 404 g/mol. The average molecular weight is 467 g/mol. The Morgan fingerprint density at radius 2 is 0.667 bits per heavy atom. The second-order valence-electron chi connectivity index (χ2n) is 10.7. The summed E-state index contributed by atoms with van der Waals surface area (Å²) >= 11 is 0. The molecule has 198 valence electrons. The van der Waals surface area contributed by atoms with Gasteiger partial charge in [0.05, 0.1) is 5.92 Å². The van der Waals surface area contributed by atoms with Crippen LogP contribution in [0.25, 0.3) is 0 Å². The first-order valence-electron chi connectivity index (χ1n) is 15.4. The van der Waals surface area contributed by atoms with E-state index in [1.807, 2.05) is 0 Å². The van der Waals surface area contributed by atoms with Gasteiger partial charge in [0.2, 0.25) is 0 Å². The molecule has 33 heavy (non-hydrogen) atoms. The lowest BCUT2D eigenvalue weighted by molar-refractivity contribution is -0.142. The SMILES string of the molecule is CCCCCCCCCCCCCCCCCCCCCCCCCC(CCCC)C(=O)O. The second-order valence-corrected chi connectivity index (χ2v) is 10.7. The van der Waals surface area contributed by atoms with Crippen LogP contribution in [0.5, 0.6) is 0 Å². The molecule has 0 amide bonds. The standard InChI is InChI=1S/C31H62O2/c1-3-5-7-8-9-10-11-12-13-14-15-16-17-18-19-20-21-22-23-24-25-26-27-29-30(31(32)33)28-6-4-2/h30H,3-29H2,1-2H3,(H,32,33). The first kappa shape index (κ1) is 32.5. The third-order valence-electron chi connectivity index (χ3n) is 7.41. The predicted octanol–water partition coefficient (Wildman–Crippen LogP) is 11.3. The number of unbranched alkanes of at least 4 members (excludes halogenated alkanes) is 23. The largest absolute Gasteiger partial charge is 0.481 e. The molecule has 0 aromatic carbocycles. The van der Waals surface area contributed by atoms with E-state index in [1.54, 1.807) is 0 Å². The van der Waals surface area contributed by atoms with Crippen LogP contribution >= 0.6 is 0 Å². The number of carbonyl (C=O) groups is 1. The minimum absolute atomic E-state index is 0.0974. The lowest BCUT2D eigenvalue weighted by Crippen LogP contribution is -2.13. The molecule has 0 bridgehead atoms. The average Bonchev–Trinajstić information content (AvgIpc) is 2.81. The zero-order valence-corrected chi connectivity index (χ0v) is 23.0. The maximum Gasteiger partial charge on any atom is 0.306 e. The number of aliphatic carboxylic acids is 1. The smallest absolute Gasteiger partial charge is 0.306 e. The Morgan fingerprint density at radius 1 is 0.424 bits per heavy atom. The van der Waals surface area contributed by atoms with Crippen molar-refractivity contribution in [2.75, 3.05) is 0 Å². The Balaban J connectivity index is 3.16. The third kappa shape index (κ3) is 25.9. The summed E-state index contributed by atoms with van der Waals surface area (Å²) in [6.07, 6.45) is 36.2. The highest BCUT2D eigenvalue weighted by Crippen LogP contribution is 2.19. The topological polar surface area (TPSA) is 37.3 Å². The first-order chi connectivity index (χ1) is 16.2. The van der Waals surface area contributed by atoms with E-state index in [-0.39, 0.29) is 5.92 Å². The normalized spacial score (nSPS) is 12.3. The van der Waals surface area contributed by atoms with Crippen LogP contribution in [0, 0.1) is 5.92 Å². The zero-order valence-electron chi connectivity index (χ0n) is 23.0. The lowest BCUT2D eigenvalue weighted by atomic mass is 9.95. The fourth-order valence-corrected chi connectivity index (χ4v) is 5.02. The summed E-state index contributed by atoms with van der Waals surface area (Å²) in [5.74, 6) is -0.679. The Morgan fingerprint density at radius 3 is 0.939 bits per heavy atom. The number of carboxylic acids is 1. The van der Waals surface area contributed by atoms with E-state index in [1.165, 1.54) is 141 Å². The summed E-state index contributed by atoms with van der Waals surface area (Å²) in [6, 6.07) is 0. The van der Waals surface area contributed by atoms with Crippen LogP contribution in [0.15, 0.2) is 0 Å². The van der Waals surface area contributed by atoms with Crippen molar-refractivity contribution in [1.29, 1.82) is 0 Å². The van der Waals surface area contributed by atoms with Gasteiger partial charge >= 0.3 is 5.97 Å². The summed E-state index contributed by atoms with van der Waals surface area (Å²) < 4.78 is 0. The molecule has 1 atom stereocenters. The molecule has 0 aromatic heterocycles. The van der Waals surface area contributed by atoms with Crippen molar-refractivity contribution in [2.24, 2.45) is 5.92 Å². The van der Waals surface area contributed by atoms with Crippen LogP contribution in [0.4, 0.5) is 0 Å². The molecule has 0 heterocycles. The fourth-order valence-electron chi connectivity index (χ4n) is 5.02. The Labute approximate surface area is 209 Å². The predicted molar refractivity (Wildman–Crippen MR) is 147 cm³/mol. The summed E-state index contributed by atoms with van der Waals surface area (Å²) in [4.78, 5) is 11.3. The maximum atomic E-state index is 11.3. The maximum absolute atomic E-state index is 11.3. The highest BCUT2D eigenvalue weighted by Gasteiger charge is 2.15. The molecule has 2 heteroatoms. The van der Waals surface area contributed by atoms with Crippen molar-refractivity contribution in [3.05, 3.63) is 0 Å². The van der Waals surface area contributed by atoms with Gasteiger partial charge in [0.15, 0.2) is 0 Å².